The van der Waals surface area contributed by atoms with Crippen LogP contribution in [0.4, 0.5) is 17.1 Å². The second kappa shape index (κ2) is 7.86. The van der Waals surface area contributed by atoms with Crippen LogP contribution in [0.5, 0.6) is 11.5 Å². The summed E-state index contributed by atoms with van der Waals surface area (Å²) < 4.78 is 6.88. The van der Waals surface area contributed by atoms with E-state index in [1.807, 2.05) is 0 Å². The number of benzene rings is 5. The Bertz CT molecular complexity index is 1640. The van der Waals surface area contributed by atoms with Gasteiger partial charge in [-0.1, -0.05) is 81.4 Å². The van der Waals surface area contributed by atoms with Crippen molar-refractivity contribution < 1.29 is 4.74 Å². The molecule has 36 heavy (non-hydrogen) atoms. The van der Waals surface area contributed by atoms with E-state index < -0.39 is 0 Å². The van der Waals surface area contributed by atoms with Crippen molar-refractivity contribution in [2.45, 2.75) is 53.9 Å². The molecule has 0 spiro atoms. The van der Waals surface area contributed by atoms with E-state index in [9.17, 15) is 0 Å². The predicted octanol–water partition coefficient (Wildman–Crippen LogP) is 10.1. The summed E-state index contributed by atoms with van der Waals surface area (Å²) in [5.41, 5.74) is 9.92. The highest BCUT2D eigenvalue weighted by molar-refractivity contribution is 6.06. The molecule has 1 heterocycles. The number of hydrogen-bond donors (Lipinski definition) is 0. The topological polar surface area (TPSA) is 12.5 Å². The minimum atomic E-state index is 0.0927. The Hall–Kier alpha value is -3.78. The van der Waals surface area contributed by atoms with Gasteiger partial charge in [0.1, 0.15) is 0 Å². The quantitative estimate of drug-likeness (QED) is 0.236. The number of hydrogen-bond acceptors (Lipinski definition) is 2. The lowest BCUT2D eigenvalue weighted by Crippen LogP contribution is -2.20. The SMILES string of the molecule is Cc1cc(C(C)(C)C)cc(C)c1N1c2ccc3c(C)cccc3c2Oc2c1cc(C)c1ccccc21. The Kier molecular flexibility index (Phi) is 4.95. The molecular weight excluding hydrogens is 438 g/mol. The van der Waals surface area contributed by atoms with Gasteiger partial charge in [0.25, 0.3) is 0 Å². The van der Waals surface area contributed by atoms with Crippen LogP contribution in [0, 0.1) is 27.7 Å². The first-order chi connectivity index (χ1) is 17.1. The maximum absolute atomic E-state index is 6.88. The highest BCUT2D eigenvalue weighted by Crippen LogP contribution is 2.56. The first kappa shape index (κ1) is 22.7. The normalized spacial score (nSPS) is 13.0. The molecule has 0 N–H and O–H groups in total. The summed E-state index contributed by atoms with van der Waals surface area (Å²) in [5.74, 6) is 1.85. The van der Waals surface area contributed by atoms with Crippen LogP contribution in [0.15, 0.2) is 72.8 Å². The summed E-state index contributed by atoms with van der Waals surface area (Å²) in [4.78, 5) is 2.44. The molecule has 0 saturated carbocycles. The highest BCUT2D eigenvalue weighted by Gasteiger charge is 2.31. The van der Waals surface area contributed by atoms with Gasteiger partial charge >= 0.3 is 0 Å². The van der Waals surface area contributed by atoms with E-state index in [0.29, 0.717) is 0 Å². The lowest BCUT2D eigenvalue weighted by Gasteiger charge is -2.37. The van der Waals surface area contributed by atoms with Gasteiger partial charge in [-0.25, -0.2) is 0 Å². The zero-order valence-corrected chi connectivity index (χ0v) is 22.3. The zero-order valence-electron chi connectivity index (χ0n) is 22.3. The number of nitrogens with zero attached hydrogens (tertiary/aromatic N) is 1. The van der Waals surface area contributed by atoms with Crippen molar-refractivity contribution >= 4 is 38.6 Å². The minimum absolute atomic E-state index is 0.0927. The van der Waals surface area contributed by atoms with Crippen molar-refractivity contribution in [3.8, 4) is 11.5 Å². The van der Waals surface area contributed by atoms with Crippen molar-refractivity contribution in [1.82, 2.24) is 0 Å². The Balaban J connectivity index is 1.73. The van der Waals surface area contributed by atoms with Crippen LogP contribution in [-0.2, 0) is 5.41 Å². The summed E-state index contributed by atoms with van der Waals surface area (Å²) in [6, 6.07) is 26.5. The number of fused-ring (bicyclic) bond motifs is 6. The fraction of sp³-hybridized carbons (Fsp3) is 0.235. The monoisotopic (exact) mass is 471 g/mol. The van der Waals surface area contributed by atoms with Crippen LogP contribution in [0.2, 0.25) is 0 Å². The van der Waals surface area contributed by atoms with Gasteiger partial charge in [0.2, 0.25) is 0 Å². The Morgan fingerprint density at radius 3 is 1.81 bits per heavy atom. The zero-order chi connectivity index (χ0) is 25.4. The van der Waals surface area contributed by atoms with Crippen molar-refractivity contribution in [3.05, 3.63) is 101 Å². The number of ether oxygens (including phenoxy) is 1. The van der Waals surface area contributed by atoms with Crippen LogP contribution in [-0.4, -0.2) is 0 Å². The van der Waals surface area contributed by atoms with E-state index >= 15 is 0 Å². The van der Waals surface area contributed by atoms with Crippen LogP contribution in [0.1, 0.15) is 48.6 Å². The molecule has 1 aliphatic rings. The van der Waals surface area contributed by atoms with Crippen molar-refractivity contribution in [1.29, 1.82) is 0 Å². The maximum Gasteiger partial charge on any atom is 0.159 e. The van der Waals surface area contributed by atoms with Gasteiger partial charge in [0, 0.05) is 10.8 Å². The second-order valence-corrected chi connectivity index (χ2v) is 11.3. The van der Waals surface area contributed by atoms with Crippen LogP contribution in [0.25, 0.3) is 21.5 Å². The summed E-state index contributed by atoms with van der Waals surface area (Å²) in [6.07, 6.45) is 0. The van der Waals surface area contributed by atoms with Crippen LogP contribution >= 0.6 is 0 Å². The van der Waals surface area contributed by atoms with Gasteiger partial charge in [0.15, 0.2) is 11.5 Å². The van der Waals surface area contributed by atoms with Crippen LogP contribution < -0.4 is 9.64 Å². The van der Waals surface area contributed by atoms with Crippen molar-refractivity contribution in [2.75, 3.05) is 4.90 Å². The van der Waals surface area contributed by atoms with E-state index in [1.165, 1.54) is 44.3 Å². The lowest BCUT2D eigenvalue weighted by molar-refractivity contribution is 0.488. The molecular formula is C34H33NO. The van der Waals surface area contributed by atoms with Gasteiger partial charge in [0.05, 0.1) is 17.1 Å². The molecule has 0 aliphatic carbocycles. The molecule has 0 unspecified atom stereocenters. The molecule has 0 bridgehead atoms. The molecule has 0 saturated heterocycles. The van der Waals surface area contributed by atoms with Crippen molar-refractivity contribution in [2.24, 2.45) is 0 Å². The van der Waals surface area contributed by atoms with Gasteiger partial charge in [-0.3, -0.25) is 0 Å². The molecule has 2 heteroatoms. The fourth-order valence-corrected chi connectivity index (χ4v) is 5.76. The van der Waals surface area contributed by atoms with Gasteiger partial charge in [-0.05, 0) is 83.8 Å². The molecule has 0 atom stereocenters. The third kappa shape index (κ3) is 3.32. The van der Waals surface area contributed by atoms with E-state index in [1.54, 1.807) is 0 Å². The molecule has 0 radical (unpaired) electrons. The lowest BCUT2D eigenvalue weighted by atomic mass is 9.84. The maximum atomic E-state index is 6.88. The van der Waals surface area contributed by atoms with Gasteiger partial charge in [-0.2, -0.15) is 0 Å². The smallest absolute Gasteiger partial charge is 0.159 e. The molecule has 0 fully saturated rings. The average molecular weight is 472 g/mol. The third-order valence-electron chi connectivity index (χ3n) is 7.66. The number of rotatable bonds is 1. The predicted molar refractivity (Wildman–Crippen MR) is 154 cm³/mol. The van der Waals surface area contributed by atoms with E-state index in [-0.39, 0.29) is 5.41 Å². The van der Waals surface area contributed by atoms with Crippen LogP contribution in [0.3, 0.4) is 0 Å². The number of anilines is 3. The first-order valence-electron chi connectivity index (χ1n) is 12.8. The molecule has 1 aliphatic heterocycles. The number of aryl methyl sites for hydroxylation is 4. The molecule has 5 aromatic rings. The molecule has 180 valence electrons. The molecule has 5 aromatic carbocycles. The third-order valence-corrected chi connectivity index (χ3v) is 7.66. The standard InChI is InChI=1S/C34H33NO/c1-20-11-10-14-28-26(20)15-16-29-32(28)36-33-27-13-9-8-12-25(27)21(2)19-30(33)35(29)31-22(3)17-24(18-23(31)4)34(5,6)7/h8-19H,1-7H3. The van der Waals surface area contributed by atoms with Crippen molar-refractivity contribution in [3.63, 3.8) is 0 Å². The first-order valence-corrected chi connectivity index (χ1v) is 12.8. The summed E-state index contributed by atoms with van der Waals surface area (Å²) in [7, 11) is 0. The highest BCUT2D eigenvalue weighted by atomic mass is 16.5. The molecule has 6 rings (SSSR count). The van der Waals surface area contributed by atoms with E-state index in [0.717, 1.165) is 33.6 Å². The summed E-state index contributed by atoms with van der Waals surface area (Å²) >= 11 is 0. The summed E-state index contributed by atoms with van der Waals surface area (Å²) in [5, 5.41) is 4.75. The van der Waals surface area contributed by atoms with Gasteiger partial charge < -0.3 is 9.64 Å². The molecule has 0 amide bonds. The Labute approximate surface area is 214 Å². The van der Waals surface area contributed by atoms with Gasteiger partial charge in [-0.15, -0.1) is 0 Å². The minimum Gasteiger partial charge on any atom is -0.452 e. The largest absolute Gasteiger partial charge is 0.452 e. The Morgan fingerprint density at radius 2 is 1.14 bits per heavy atom. The Morgan fingerprint density at radius 1 is 0.556 bits per heavy atom. The second-order valence-electron chi connectivity index (χ2n) is 11.3. The average Bonchev–Trinajstić information content (AvgIpc) is 2.83. The molecule has 0 aromatic heterocycles. The fourth-order valence-electron chi connectivity index (χ4n) is 5.76. The summed E-state index contributed by atoms with van der Waals surface area (Å²) in [6.45, 7) is 15.7. The van der Waals surface area contributed by atoms with E-state index in [4.69, 9.17) is 4.74 Å². The van der Waals surface area contributed by atoms with E-state index in [2.05, 4.69) is 126 Å². The molecule has 2 nitrogen and oxygen atoms in total.